The minimum absolute atomic E-state index is 0.0165. The average molecular weight is 365 g/mol. The van der Waals surface area contributed by atoms with Gasteiger partial charge in [0.1, 0.15) is 11.4 Å². The molecule has 0 aromatic heterocycles. The summed E-state index contributed by atoms with van der Waals surface area (Å²) in [5.41, 5.74) is 0.0459. The number of nitrogens with zero attached hydrogens (tertiary/aromatic N) is 1. The number of rotatable bonds is 5. The Labute approximate surface area is 156 Å². The quantitative estimate of drug-likeness (QED) is 0.793. The molecule has 0 bridgehead atoms. The summed E-state index contributed by atoms with van der Waals surface area (Å²) in [6, 6.07) is 6.26. The topological polar surface area (TPSA) is 49.8 Å². The minimum Gasteiger partial charge on any atom is -0.444 e. The van der Waals surface area contributed by atoms with Crippen LogP contribution in [-0.2, 0) is 4.74 Å². The maximum Gasteiger partial charge on any atom is 0.411 e. The lowest BCUT2D eigenvalue weighted by molar-refractivity contribution is -0.00121. The van der Waals surface area contributed by atoms with Crippen LogP contribution in [0.2, 0.25) is 0 Å². The molecular weight excluding hydrogens is 333 g/mol. The van der Waals surface area contributed by atoms with Crippen LogP contribution in [0.15, 0.2) is 24.3 Å². The second-order valence-electron chi connectivity index (χ2n) is 8.87. The SMILES string of the molecule is CC(C)(C)OC(=O)N1[C@H](c2cccc(F)c2)CC[C@@H]1C(C)(C)CCCO. The van der Waals surface area contributed by atoms with Crippen molar-refractivity contribution in [3.05, 3.63) is 35.6 Å². The second-order valence-corrected chi connectivity index (χ2v) is 8.87. The first kappa shape index (κ1) is 20.7. The van der Waals surface area contributed by atoms with Gasteiger partial charge < -0.3 is 9.84 Å². The van der Waals surface area contributed by atoms with Gasteiger partial charge in [-0.2, -0.15) is 0 Å². The van der Waals surface area contributed by atoms with E-state index in [1.807, 2.05) is 26.8 Å². The van der Waals surface area contributed by atoms with Crippen LogP contribution in [0.25, 0.3) is 0 Å². The van der Waals surface area contributed by atoms with Crippen molar-refractivity contribution in [3.63, 3.8) is 0 Å². The number of amides is 1. The van der Waals surface area contributed by atoms with E-state index in [2.05, 4.69) is 13.8 Å². The molecule has 0 radical (unpaired) electrons. The summed E-state index contributed by atoms with van der Waals surface area (Å²) in [5, 5.41) is 9.21. The number of carbonyl (C=O) groups excluding carboxylic acids is 1. The number of likely N-dealkylation sites (tertiary alicyclic amines) is 1. The van der Waals surface area contributed by atoms with Crippen LogP contribution in [-0.4, -0.2) is 34.3 Å². The molecule has 146 valence electrons. The van der Waals surface area contributed by atoms with Crippen LogP contribution in [0.4, 0.5) is 9.18 Å². The molecule has 0 spiro atoms. The van der Waals surface area contributed by atoms with Gasteiger partial charge in [-0.3, -0.25) is 4.90 Å². The number of hydrogen-bond acceptors (Lipinski definition) is 3. The van der Waals surface area contributed by atoms with E-state index >= 15 is 0 Å². The Morgan fingerprint density at radius 3 is 2.54 bits per heavy atom. The lowest BCUT2D eigenvalue weighted by Crippen LogP contribution is -2.47. The van der Waals surface area contributed by atoms with E-state index in [4.69, 9.17) is 4.74 Å². The van der Waals surface area contributed by atoms with E-state index < -0.39 is 5.60 Å². The van der Waals surface area contributed by atoms with Crippen molar-refractivity contribution in [2.24, 2.45) is 5.41 Å². The lowest BCUT2D eigenvalue weighted by atomic mass is 9.79. The highest BCUT2D eigenvalue weighted by molar-refractivity contribution is 5.70. The lowest BCUT2D eigenvalue weighted by Gasteiger charge is -2.40. The largest absolute Gasteiger partial charge is 0.444 e. The molecule has 1 fully saturated rings. The molecule has 1 N–H and O–H groups in total. The van der Waals surface area contributed by atoms with Crippen molar-refractivity contribution in [1.82, 2.24) is 4.90 Å². The van der Waals surface area contributed by atoms with E-state index in [-0.39, 0.29) is 36.0 Å². The van der Waals surface area contributed by atoms with E-state index in [0.29, 0.717) is 6.42 Å². The van der Waals surface area contributed by atoms with Crippen LogP contribution < -0.4 is 0 Å². The Morgan fingerprint density at radius 2 is 1.96 bits per heavy atom. The average Bonchev–Trinajstić information content (AvgIpc) is 2.97. The van der Waals surface area contributed by atoms with E-state index in [1.54, 1.807) is 11.0 Å². The third kappa shape index (κ3) is 4.97. The first-order valence-corrected chi connectivity index (χ1v) is 9.43. The van der Waals surface area contributed by atoms with E-state index in [1.165, 1.54) is 12.1 Å². The predicted octanol–water partition coefficient (Wildman–Crippen LogP) is 5.07. The zero-order valence-electron chi connectivity index (χ0n) is 16.6. The Balaban J connectivity index is 2.35. The summed E-state index contributed by atoms with van der Waals surface area (Å²) in [7, 11) is 0. The normalized spacial score (nSPS) is 21.1. The summed E-state index contributed by atoms with van der Waals surface area (Å²) in [4.78, 5) is 14.8. The fourth-order valence-electron chi connectivity index (χ4n) is 3.89. The highest BCUT2D eigenvalue weighted by atomic mass is 19.1. The summed E-state index contributed by atoms with van der Waals surface area (Å²) in [6.45, 7) is 9.94. The number of ether oxygens (including phenoxy) is 1. The number of aliphatic hydroxyl groups is 1. The van der Waals surface area contributed by atoms with Gasteiger partial charge >= 0.3 is 6.09 Å². The van der Waals surface area contributed by atoms with Crippen molar-refractivity contribution in [3.8, 4) is 0 Å². The third-order valence-electron chi connectivity index (χ3n) is 5.10. The molecule has 26 heavy (non-hydrogen) atoms. The Hall–Kier alpha value is -1.62. The van der Waals surface area contributed by atoms with Gasteiger partial charge in [0.25, 0.3) is 0 Å². The van der Waals surface area contributed by atoms with Gasteiger partial charge in [0.2, 0.25) is 0 Å². The molecule has 1 heterocycles. The summed E-state index contributed by atoms with van der Waals surface area (Å²) >= 11 is 0. The zero-order valence-corrected chi connectivity index (χ0v) is 16.6. The molecule has 5 heteroatoms. The molecule has 0 aliphatic carbocycles. The van der Waals surface area contributed by atoms with Gasteiger partial charge in [0.05, 0.1) is 6.04 Å². The minimum atomic E-state index is -0.591. The van der Waals surface area contributed by atoms with Gasteiger partial charge in [-0.25, -0.2) is 9.18 Å². The van der Waals surface area contributed by atoms with Gasteiger partial charge in [-0.15, -0.1) is 0 Å². The summed E-state index contributed by atoms with van der Waals surface area (Å²) < 4.78 is 19.4. The molecule has 1 saturated heterocycles. The smallest absolute Gasteiger partial charge is 0.411 e. The van der Waals surface area contributed by atoms with Crippen LogP contribution in [0.3, 0.4) is 0 Å². The van der Waals surface area contributed by atoms with Gasteiger partial charge in [0.15, 0.2) is 0 Å². The molecule has 0 saturated carbocycles. The van der Waals surface area contributed by atoms with Crippen molar-refractivity contribution < 1.29 is 19.0 Å². The monoisotopic (exact) mass is 365 g/mol. The molecule has 1 amide bonds. The van der Waals surface area contributed by atoms with E-state index in [9.17, 15) is 14.3 Å². The molecule has 1 aliphatic rings. The molecule has 1 aliphatic heterocycles. The number of carbonyl (C=O) groups is 1. The molecule has 2 atom stereocenters. The molecule has 4 nitrogen and oxygen atoms in total. The Morgan fingerprint density at radius 1 is 1.27 bits per heavy atom. The van der Waals surface area contributed by atoms with Crippen molar-refractivity contribution >= 4 is 6.09 Å². The highest BCUT2D eigenvalue weighted by Gasteiger charge is 2.46. The Bertz CT molecular complexity index is 624. The van der Waals surface area contributed by atoms with Crippen LogP contribution in [0.5, 0.6) is 0 Å². The standard InChI is InChI=1S/C21H32FNO3/c1-20(2,3)26-19(25)23-17(15-8-6-9-16(22)14-15)10-11-18(23)21(4,5)12-7-13-24/h6,8-9,14,17-18,24H,7,10-13H2,1-5H3/t17-,18+/m0/s1. The molecule has 2 rings (SSSR count). The maximum absolute atomic E-state index is 13.8. The van der Waals surface area contributed by atoms with Crippen molar-refractivity contribution in [2.75, 3.05) is 6.61 Å². The highest BCUT2D eigenvalue weighted by Crippen LogP contribution is 2.45. The predicted molar refractivity (Wildman–Crippen MR) is 100 cm³/mol. The first-order valence-electron chi connectivity index (χ1n) is 9.43. The fourth-order valence-corrected chi connectivity index (χ4v) is 3.89. The fraction of sp³-hybridized carbons (Fsp3) is 0.667. The van der Waals surface area contributed by atoms with E-state index in [0.717, 1.165) is 24.8 Å². The third-order valence-corrected chi connectivity index (χ3v) is 5.10. The summed E-state index contributed by atoms with van der Waals surface area (Å²) in [5.74, 6) is -0.297. The van der Waals surface area contributed by atoms with Crippen LogP contribution in [0.1, 0.15) is 71.9 Å². The van der Waals surface area contributed by atoms with Crippen LogP contribution >= 0.6 is 0 Å². The number of hydrogen-bond donors (Lipinski definition) is 1. The molecule has 1 aromatic rings. The number of benzene rings is 1. The van der Waals surface area contributed by atoms with Crippen molar-refractivity contribution in [1.29, 1.82) is 0 Å². The van der Waals surface area contributed by atoms with Gasteiger partial charge in [0, 0.05) is 12.6 Å². The maximum atomic E-state index is 13.8. The molecule has 1 aromatic carbocycles. The molecule has 0 unspecified atom stereocenters. The zero-order chi connectivity index (χ0) is 19.5. The number of aliphatic hydroxyl groups excluding tert-OH is 1. The van der Waals surface area contributed by atoms with Gasteiger partial charge in [-0.1, -0.05) is 26.0 Å². The second kappa shape index (κ2) is 7.95. The molecular formula is C21H32FNO3. The Kier molecular flexibility index (Phi) is 6.33. The van der Waals surface area contributed by atoms with Crippen molar-refractivity contribution in [2.45, 2.75) is 78.0 Å². The van der Waals surface area contributed by atoms with Gasteiger partial charge in [-0.05, 0) is 69.6 Å². The summed E-state index contributed by atoms with van der Waals surface area (Å²) in [6.07, 6.45) is 2.75. The first-order chi connectivity index (χ1) is 12.0. The van der Waals surface area contributed by atoms with Crippen LogP contribution in [0, 0.1) is 11.2 Å². The number of halogens is 1.